The molecule has 162 valence electrons. The summed E-state index contributed by atoms with van der Waals surface area (Å²) in [4.78, 5) is 30.9. The Hall–Kier alpha value is -3.35. The maximum absolute atomic E-state index is 12.6. The fourth-order valence-corrected chi connectivity index (χ4v) is 3.73. The van der Waals surface area contributed by atoms with Gasteiger partial charge in [0.1, 0.15) is 5.60 Å². The van der Waals surface area contributed by atoms with Crippen LogP contribution >= 0.6 is 0 Å². The van der Waals surface area contributed by atoms with Crippen LogP contribution in [0.4, 0.5) is 4.79 Å². The first-order valence-corrected chi connectivity index (χ1v) is 10.6. The number of rotatable bonds is 4. The fourth-order valence-electron chi connectivity index (χ4n) is 3.73. The predicted molar refractivity (Wildman–Crippen MR) is 119 cm³/mol. The molecule has 2 heterocycles. The van der Waals surface area contributed by atoms with E-state index < -0.39 is 5.60 Å². The Morgan fingerprint density at radius 1 is 1.13 bits per heavy atom. The number of carbonyl (C=O) groups excluding carboxylic acids is 2. The van der Waals surface area contributed by atoms with Crippen molar-refractivity contribution in [3.8, 4) is 0 Å². The van der Waals surface area contributed by atoms with Crippen LogP contribution in [-0.4, -0.2) is 51.2 Å². The van der Waals surface area contributed by atoms with Crippen LogP contribution in [0.25, 0.3) is 11.0 Å². The molecule has 7 nitrogen and oxygen atoms in total. The third-order valence-corrected chi connectivity index (χ3v) is 5.27. The van der Waals surface area contributed by atoms with Crippen molar-refractivity contribution in [2.45, 2.75) is 45.4 Å². The van der Waals surface area contributed by atoms with Gasteiger partial charge < -0.3 is 19.5 Å². The summed E-state index contributed by atoms with van der Waals surface area (Å²) in [5.74, 6) is -0.129. The molecule has 1 aliphatic heterocycles. The Labute approximate surface area is 182 Å². The summed E-state index contributed by atoms with van der Waals surface area (Å²) in [6.45, 7) is 7.28. The number of nitrogens with zero attached hydrogens (tertiary/aromatic N) is 3. The number of likely N-dealkylation sites (tertiary alicyclic amines) is 1. The highest BCUT2D eigenvalue weighted by molar-refractivity contribution is 5.94. The van der Waals surface area contributed by atoms with Crippen LogP contribution in [-0.2, 0) is 11.3 Å². The Morgan fingerprint density at radius 2 is 1.87 bits per heavy atom. The van der Waals surface area contributed by atoms with Gasteiger partial charge in [0.15, 0.2) is 0 Å². The number of nitrogens with one attached hydrogen (secondary N) is 1. The van der Waals surface area contributed by atoms with Crippen molar-refractivity contribution in [2.75, 3.05) is 13.1 Å². The second kappa shape index (κ2) is 8.41. The highest BCUT2D eigenvalue weighted by atomic mass is 16.6. The van der Waals surface area contributed by atoms with E-state index in [0.29, 0.717) is 25.2 Å². The van der Waals surface area contributed by atoms with Crippen molar-refractivity contribution in [2.24, 2.45) is 0 Å². The van der Waals surface area contributed by atoms with Crippen LogP contribution in [0.5, 0.6) is 0 Å². The molecule has 31 heavy (non-hydrogen) atoms. The minimum Gasteiger partial charge on any atom is -0.444 e. The number of imidazole rings is 1. The average Bonchev–Trinajstić information content (AvgIpc) is 3.35. The van der Waals surface area contributed by atoms with E-state index in [4.69, 9.17) is 4.74 Å². The number of carbonyl (C=O) groups is 2. The van der Waals surface area contributed by atoms with E-state index in [-0.39, 0.29) is 18.0 Å². The number of hydrogen-bond acceptors (Lipinski definition) is 4. The van der Waals surface area contributed by atoms with Gasteiger partial charge in [-0.3, -0.25) is 4.79 Å². The Balaban J connectivity index is 1.33. The van der Waals surface area contributed by atoms with E-state index in [1.807, 2.05) is 75.6 Å². The van der Waals surface area contributed by atoms with Gasteiger partial charge in [-0.25, -0.2) is 9.78 Å². The topological polar surface area (TPSA) is 76.5 Å². The molecule has 0 aliphatic carbocycles. The van der Waals surface area contributed by atoms with Gasteiger partial charge in [0.2, 0.25) is 0 Å². The lowest BCUT2D eigenvalue weighted by atomic mass is 10.1. The highest BCUT2D eigenvalue weighted by Gasteiger charge is 2.30. The first kappa shape index (κ1) is 20.9. The van der Waals surface area contributed by atoms with Crippen LogP contribution in [0.2, 0.25) is 0 Å². The molecule has 1 N–H and O–H groups in total. The standard InChI is InChI=1S/C24H28N4O3/c1-24(2,3)31-23(30)27-13-12-19(15-27)26-22(29)18-10-8-17(9-11-18)14-28-16-25-20-6-4-5-7-21(20)28/h4-11,16,19H,12-15H2,1-3H3,(H,26,29). The quantitative estimate of drug-likeness (QED) is 0.696. The Morgan fingerprint density at radius 3 is 2.61 bits per heavy atom. The summed E-state index contributed by atoms with van der Waals surface area (Å²) in [5.41, 5.74) is 3.23. The van der Waals surface area contributed by atoms with Crippen molar-refractivity contribution < 1.29 is 14.3 Å². The molecule has 1 fully saturated rings. The number of hydrogen-bond donors (Lipinski definition) is 1. The molecule has 0 bridgehead atoms. The summed E-state index contributed by atoms with van der Waals surface area (Å²) in [6.07, 6.45) is 2.22. The lowest BCUT2D eigenvalue weighted by molar-refractivity contribution is 0.0290. The smallest absolute Gasteiger partial charge is 0.410 e. The number of ether oxygens (including phenoxy) is 1. The van der Waals surface area contributed by atoms with E-state index in [1.54, 1.807) is 4.90 Å². The zero-order valence-corrected chi connectivity index (χ0v) is 18.2. The zero-order valence-electron chi connectivity index (χ0n) is 18.2. The van der Waals surface area contributed by atoms with E-state index in [1.165, 1.54) is 0 Å². The van der Waals surface area contributed by atoms with E-state index in [2.05, 4.69) is 14.9 Å². The summed E-state index contributed by atoms with van der Waals surface area (Å²) in [6, 6.07) is 15.5. The first-order chi connectivity index (χ1) is 14.8. The molecule has 0 saturated carbocycles. The van der Waals surface area contributed by atoms with E-state index >= 15 is 0 Å². The molecule has 0 spiro atoms. The summed E-state index contributed by atoms with van der Waals surface area (Å²) in [5, 5.41) is 3.03. The predicted octanol–water partition coefficient (Wildman–Crippen LogP) is 3.82. The van der Waals surface area contributed by atoms with Gasteiger partial charge >= 0.3 is 6.09 Å². The normalized spacial score (nSPS) is 16.5. The largest absolute Gasteiger partial charge is 0.444 e. The first-order valence-electron chi connectivity index (χ1n) is 10.6. The summed E-state index contributed by atoms with van der Waals surface area (Å²) in [7, 11) is 0. The molecule has 7 heteroatoms. The Bertz CT molecular complexity index is 1080. The molecule has 3 aromatic rings. The maximum atomic E-state index is 12.6. The van der Waals surface area contributed by atoms with Gasteiger partial charge in [0.25, 0.3) is 5.91 Å². The number of para-hydroxylation sites is 2. The second-order valence-corrected chi connectivity index (χ2v) is 8.94. The minimum absolute atomic E-state index is 0.0722. The fraction of sp³-hybridized carbons (Fsp3) is 0.375. The van der Waals surface area contributed by atoms with Crippen molar-refractivity contribution >= 4 is 23.0 Å². The lowest BCUT2D eigenvalue weighted by Crippen LogP contribution is -2.40. The summed E-state index contributed by atoms with van der Waals surface area (Å²) >= 11 is 0. The third kappa shape index (κ3) is 5.05. The van der Waals surface area contributed by atoms with Crippen LogP contribution in [0.3, 0.4) is 0 Å². The van der Waals surface area contributed by atoms with Gasteiger partial charge in [0, 0.05) is 31.2 Å². The minimum atomic E-state index is -0.525. The van der Waals surface area contributed by atoms with Crippen molar-refractivity contribution in [3.05, 3.63) is 66.0 Å². The molecular weight excluding hydrogens is 392 g/mol. The van der Waals surface area contributed by atoms with Gasteiger partial charge in [-0.05, 0) is 57.0 Å². The monoisotopic (exact) mass is 420 g/mol. The molecule has 0 radical (unpaired) electrons. The highest BCUT2D eigenvalue weighted by Crippen LogP contribution is 2.17. The van der Waals surface area contributed by atoms with E-state index in [0.717, 1.165) is 23.0 Å². The zero-order chi connectivity index (χ0) is 22.0. The lowest BCUT2D eigenvalue weighted by Gasteiger charge is -2.24. The van der Waals surface area contributed by atoms with Crippen molar-refractivity contribution in [1.29, 1.82) is 0 Å². The number of benzene rings is 2. The van der Waals surface area contributed by atoms with Crippen LogP contribution in [0, 0.1) is 0 Å². The number of aromatic nitrogens is 2. The van der Waals surface area contributed by atoms with Gasteiger partial charge in [-0.15, -0.1) is 0 Å². The summed E-state index contributed by atoms with van der Waals surface area (Å²) < 4.78 is 7.50. The van der Waals surface area contributed by atoms with Gasteiger partial charge in [0.05, 0.1) is 17.4 Å². The molecule has 2 aromatic carbocycles. The SMILES string of the molecule is CC(C)(C)OC(=O)N1CCC(NC(=O)c2ccc(Cn3cnc4ccccc43)cc2)C1. The number of fused-ring (bicyclic) bond motifs is 1. The van der Waals surface area contributed by atoms with Gasteiger partial charge in [-0.1, -0.05) is 24.3 Å². The Kier molecular flexibility index (Phi) is 5.67. The van der Waals surface area contributed by atoms with Crippen molar-refractivity contribution in [3.63, 3.8) is 0 Å². The van der Waals surface area contributed by atoms with Gasteiger partial charge in [-0.2, -0.15) is 0 Å². The molecule has 1 saturated heterocycles. The average molecular weight is 421 g/mol. The van der Waals surface area contributed by atoms with Crippen molar-refractivity contribution in [1.82, 2.24) is 19.8 Å². The second-order valence-electron chi connectivity index (χ2n) is 8.94. The molecule has 1 atom stereocenters. The van der Waals surface area contributed by atoms with Crippen LogP contribution in [0.1, 0.15) is 43.1 Å². The molecule has 1 aliphatic rings. The van der Waals surface area contributed by atoms with Crippen LogP contribution in [0.15, 0.2) is 54.9 Å². The molecule has 1 aromatic heterocycles. The molecule has 4 rings (SSSR count). The van der Waals surface area contributed by atoms with Crippen LogP contribution < -0.4 is 5.32 Å². The third-order valence-electron chi connectivity index (χ3n) is 5.27. The van der Waals surface area contributed by atoms with E-state index in [9.17, 15) is 9.59 Å². The number of amides is 2. The molecule has 1 unspecified atom stereocenters. The maximum Gasteiger partial charge on any atom is 0.410 e. The molecular formula is C24H28N4O3. The molecule has 2 amide bonds.